The van der Waals surface area contributed by atoms with Crippen molar-refractivity contribution >= 4 is 39.1 Å². The first-order chi connectivity index (χ1) is 20.6. The zero-order valence-electron chi connectivity index (χ0n) is 23.9. The lowest BCUT2D eigenvalue weighted by molar-refractivity contribution is -0.140. The monoisotopic (exact) mass is 621 g/mol. The number of amides is 2. The molecule has 0 aliphatic carbocycles. The lowest BCUT2D eigenvalue weighted by Gasteiger charge is -2.34. The molecule has 4 aromatic rings. The number of benzene rings is 4. The number of nitrogens with zero attached hydrogens (tertiary/aromatic N) is 2. The number of carbonyl (C=O) groups excluding carboxylic acids is 2. The molecule has 0 aliphatic heterocycles. The Kier molecular flexibility index (Phi) is 10.6. The van der Waals surface area contributed by atoms with Crippen LogP contribution in [0.25, 0.3) is 0 Å². The maximum Gasteiger partial charge on any atom is 0.264 e. The molecule has 0 aromatic heterocycles. The Hall–Kier alpha value is -4.21. The summed E-state index contributed by atoms with van der Waals surface area (Å²) in [5.74, 6) is -1.59. The minimum Gasteiger partial charge on any atom is -0.352 e. The van der Waals surface area contributed by atoms with Crippen molar-refractivity contribution in [2.24, 2.45) is 0 Å². The number of halogens is 2. The molecule has 0 saturated carbocycles. The molecule has 7 nitrogen and oxygen atoms in total. The Morgan fingerprint density at radius 3 is 2.02 bits per heavy atom. The smallest absolute Gasteiger partial charge is 0.264 e. The van der Waals surface area contributed by atoms with Crippen LogP contribution in [0.2, 0.25) is 5.02 Å². The van der Waals surface area contributed by atoms with Crippen LogP contribution in [0.4, 0.5) is 10.1 Å². The Morgan fingerprint density at radius 1 is 0.837 bits per heavy atom. The first-order valence-corrected chi connectivity index (χ1v) is 15.6. The summed E-state index contributed by atoms with van der Waals surface area (Å²) in [6.45, 7) is 2.99. The molecule has 0 radical (unpaired) electrons. The average Bonchev–Trinajstić information content (AvgIpc) is 2.99. The number of rotatable bonds is 12. The molecule has 4 aromatic carbocycles. The van der Waals surface area contributed by atoms with Gasteiger partial charge >= 0.3 is 0 Å². The Labute approximate surface area is 257 Å². The highest BCUT2D eigenvalue weighted by Gasteiger charge is 2.35. The van der Waals surface area contributed by atoms with Gasteiger partial charge in [-0.1, -0.05) is 78.3 Å². The summed E-state index contributed by atoms with van der Waals surface area (Å²) < 4.78 is 42.4. The highest BCUT2D eigenvalue weighted by molar-refractivity contribution is 7.92. The summed E-state index contributed by atoms with van der Waals surface area (Å²) in [6, 6.07) is 27.7. The molecule has 4 rings (SSSR count). The zero-order chi connectivity index (χ0) is 31.0. The third-order valence-electron chi connectivity index (χ3n) is 6.73. The van der Waals surface area contributed by atoms with E-state index in [1.54, 1.807) is 54.6 Å². The molecule has 0 heterocycles. The van der Waals surface area contributed by atoms with Crippen LogP contribution in [0.1, 0.15) is 25.0 Å². The maximum atomic E-state index is 14.3. The molecule has 0 saturated heterocycles. The standard InChI is InChI=1S/C33H33ClFN3O4S/c1-24(2)36-33(40)31(21-25-11-5-3-6-12-25)37(22-26-13-9-10-16-30(26)34)32(39)23-38(28-14-7-4-8-15-28)43(41,42)29-19-17-27(35)18-20-29/h3-20,24,31H,21-23H2,1-2H3,(H,36,40)/t31-/m1/s1. The Morgan fingerprint density at radius 2 is 1.42 bits per heavy atom. The molecular formula is C33H33ClFN3O4S. The van der Waals surface area contributed by atoms with E-state index in [0.717, 1.165) is 34.1 Å². The van der Waals surface area contributed by atoms with Crippen LogP contribution in [0, 0.1) is 5.82 Å². The van der Waals surface area contributed by atoms with E-state index in [9.17, 15) is 22.4 Å². The van der Waals surface area contributed by atoms with Crippen LogP contribution >= 0.6 is 11.6 Å². The van der Waals surface area contributed by atoms with E-state index in [1.165, 1.54) is 4.90 Å². The van der Waals surface area contributed by atoms with Gasteiger partial charge in [0.05, 0.1) is 10.6 Å². The second-order valence-corrected chi connectivity index (χ2v) is 12.6. The highest BCUT2D eigenvalue weighted by atomic mass is 35.5. The van der Waals surface area contributed by atoms with Gasteiger partial charge in [0.1, 0.15) is 18.4 Å². The van der Waals surface area contributed by atoms with E-state index in [1.807, 2.05) is 44.2 Å². The van der Waals surface area contributed by atoms with E-state index in [2.05, 4.69) is 5.32 Å². The van der Waals surface area contributed by atoms with Crippen molar-refractivity contribution in [1.82, 2.24) is 10.2 Å². The van der Waals surface area contributed by atoms with E-state index in [4.69, 9.17) is 11.6 Å². The zero-order valence-corrected chi connectivity index (χ0v) is 25.4. The third kappa shape index (κ3) is 8.21. The van der Waals surface area contributed by atoms with E-state index in [0.29, 0.717) is 10.6 Å². The fourth-order valence-electron chi connectivity index (χ4n) is 4.60. The van der Waals surface area contributed by atoms with Crippen molar-refractivity contribution in [3.8, 4) is 0 Å². The SMILES string of the molecule is CC(C)NC(=O)[C@@H](Cc1ccccc1)N(Cc1ccccc1Cl)C(=O)CN(c1ccccc1)S(=O)(=O)c1ccc(F)cc1. The first-order valence-electron chi connectivity index (χ1n) is 13.8. The van der Waals surface area contributed by atoms with Crippen molar-refractivity contribution in [1.29, 1.82) is 0 Å². The van der Waals surface area contributed by atoms with E-state index < -0.39 is 34.3 Å². The number of hydrogen-bond donors (Lipinski definition) is 1. The Bertz CT molecular complexity index is 1640. The predicted molar refractivity (Wildman–Crippen MR) is 167 cm³/mol. The molecule has 43 heavy (non-hydrogen) atoms. The lowest BCUT2D eigenvalue weighted by Crippen LogP contribution is -2.54. The molecule has 0 bridgehead atoms. The third-order valence-corrected chi connectivity index (χ3v) is 8.88. The largest absolute Gasteiger partial charge is 0.352 e. The fourth-order valence-corrected chi connectivity index (χ4v) is 6.21. The van der Waals surface area contributed by atoms with Crippen molar-refractivity contribution in [3.63, 3.8) is 0 Å². The Balaban J connectivity index is 1.79. The molecule has 224 valence electrons. The quantitative estimate of drug-likeness (QED) is 0.215. The molecule has 0 fully saturated rings. The van der Waals surface area contributed by atoms with Gasteiger partial charge in [-0.05, 0) is 67.4 Å². The van der Waals surface area contributed by atoms with Gasteiger partial charge in [0, 0.05) is 24.0 Å². The normalized spacial score (nSPS) is 12.0. The summed E-state index contributed by atoms with van der Waals surface area (Å²) in [6.07, 6.45) is 0.186. The summed E-state index contributed by atoms with van der Waals surface area (Å²) in [7, 11) is -4.31. The molecule has 1 atom stereocenters. The van der Waals surface area contributed by atoms with Crippen LogP contribution in [-0.4, -0.2) is 43.8 Å². The molecular weight excluding hydrogens is 589 g/mol. The van der Waals surface area contributed by atoms with Crippen LogP contribution in [0.5, 0.6) is 0 Å². The highest BCUT2D eigenvalue weighted by Crippen LogP contribution is 2.26. The first kappa shape index (κ1) is 31.7. The summed E-state index contributed by atoms with van der Waals surface area (Å²) in [5.41, 5.74) is 1.66. The number of anilines is 1. The molecule has 0 spiro atoms. The van der Waals surface area contributed by atoms with Crippen molar-refractivity contribution < 1.29 is 22.4 Å². The van der Waals surface area contributed by atoms with Gasteiger partial charge in [0.15, 0.2) is 0 Å². The maximum absolute atomic E-state index is 14.3. The van der Waals surface area contributed by atoms with Crippen LogP contribution < -0.4 is 9.62 Å². The number of hydrogen-bond acceptors (Lipinski definition) is 4. The minimum atomic E-state index is -4.31. The molecule has 0 aliphatic rings. The van der Waals surface area contributed by atoms with Gasteiger partial charge in [-0.15, -0.1) is 0 Å². The van der Waals surface area contributed by atoms with Gasteiger partial charge in [-0.3, -0.25) is 13.9 Å². The van der Waals surface area contributed by atoms with Gasteiger partial charge in [0.2, 0.25) is 11.8 Å². The summed E-state index contributed by atoms with van der Waals surface area (Å²) in [5, 5.41) is 3.32. The topological polar surface area (TPSA) is 86.8 Å². The second kappa shape index (κ2) is 14.3. The molecule has 2 amide bonds. The van der Waals surface area contributed by atoms with Gasteiger partial charge < -0.3 is 10.2 Å². The van der Waals surface area contributed by atoms with Crippen molar-refractivity contribution in [3.05, 3.63) is 131 Å². The number of sulfonamides is 1. The molecule has 0 unspecified atom stereocenters. The lowest BCUT2D eigenvalue weighted by atomic mass is 10.0. The average molecular weight is 622 g/mol. The van der Waals surface area contributed by atoms with E-state index in [-0.39, 0.29) is 35.5 Å². The van der Waals surface area contributed by atoms with Gasteiger partial charge in [-0.2, -0.15) is 0 Å². The van der Waals surface area contributed by atoms with Gasteiger partial charge in [-0.25, -0.2) is 12.8 Å². The van der Waals surface area contributed by atoms with Crippen LogP contribution in [-0.2, 0) is 32.6 Å². The number of carbonyl (C=O) groups is 2. The minimum absolute atomic E-state index is 0.0409. The van der Waals surface area contributed by atoms with Crippen molar-refractivity contribution in [2.75, 3.05) is 10.8 Å². The summed E-state index contributed by atoms with van der Waals surface area (Å²) >= 11 is 6.49. The molecule has 10 heteroatoms. The second-order valence-electron chi connectivity index (χ2n) is 10.3. The van der Waals surface area contributed by atoms with Crippen molar-refractivity contribution in [2.45, 2.75) is 43.8 Å². The fraction of sp³-hybridized carbons (Fsp3) is 0.212. The predicted octanol–water partition coefficient (Wildman–Crippen LogP) is 5.84. The number of para-hydroxylation sites is 1. The van der Waals surface area contributed by atoms with Gasteiger partial charge in [0.25, 0.3) is 10.0 Å². The van der Waals surface area contributed by atoms with Crippen LogP contribution in [0.3, 0.4) is 0 Å². The molecule has 1 N–H and O–H groups in total. The number of nitrogens with one attached hydrogen (secondary N) is 1. The van der Waals surface area contributed by atoms with Crippen LogP contribution in [0.15, 0.2) is 114 Å². The summed E-state index contributed by atoms with van der Waals surface area (Å²) in [4.78, 5) is 29.2. The van der Waals surface area contributed by atoms with E-state index >= 15 is 0 Å².